The minimum Gasteiger partial charge on any atom is -0.370 e. The summed E-state index contributed by atoms with van der Waals surface area (Å²) >= 11 is 0. The largest absolute Gasteiger partial charge is 0.416 e. The Kier molecular flexibility index (Phi) is 6.39. The molecule has 5 nitrogen and oxygen atoms in total. The third-order valence-corrected chi connectivity index (χ3v) is 4.70. The normalized spacial score (nSPS) is 17.7. The second kappa shape index (κ2) is 8.97. The molecule has 152 valence electrons. The molecule has 1 atom stereocenters. The minimum atomic E-state index is -4.39. The highest BCUT2D eigenvalue weighted by atomic mass is 19.4. The smallest absolute Gasteiger partial charge is 0.370 e. The van der Waals surface area contributed by atoms with Crippen LogP contribution in [0, 0.1) is 11.3 Å². The second-order valence-electron chi connectivity index (χ2n) is 6.64. The maximum absolute atomic E-state index is 13.0. The van der Waals surface area contributed by atoms with Crippen LogP contribution in [0.2, 0.25) is 0 Å². The zero-order chi connectivity index (χ0) is 20.9. The molecule has 1 saturated heterocycles. The highest BCUT2D eigenvalue weighted by molar-refractivity contribution is 5.80. The summed E-state index contributed by atoms with van der Waals surface area (Å²) in [6.07, 6.45) is -4.86. The molecule has 0 aromatic heterocycles. The van der Waals surface area contributed by atoms with Crippen LogP contribution in [0.5, 0.6) is 0 Å². The van der Waals surface area contributed by atoms with E-state index < -0.39 is 17.8 Å². The molecule has 1 fully saturated rings. The van der Waals surface area contributed by atoms with Gasteiger partial charge >= 0.3 is 6.18 Å². The first-order chi connectivity index (χ1) is 13.9. The lowest BCUT2D eigenvalue weighted by molar-refractivity contribution is -0.137. The number of ether oxygens (including phenoxy) is 1. The number of halogens is 3. The van der Waals surface area contributed by atoms with Crippen LogP contribution in [0.1, 0.15) is 28.4 Å². The van der Waals surface area contributed by atoms with E-state index in [9.17, 15) is 13.2 Å². The average Bonchev–Trinajstić information content (AvgIpc) is 2.74. The molecule has 29 heavy (non-hydrogen) atoms. The monoisotopic (exact) mass is 402 g/mol. The van der Waals surface area contributed by atoms with Crippen LogP contribution in [-0.2, 0) is 17.5 Å². The highest BCUT2D eigenvalue weighted by Crippen LogP contribution is 2.32. The van der Waals surface area contributed by atoms with E-state index in [0.29, 0.717) is 43.3 Å². The van der Waals surface area contributed by atoms with E-state index in [2.05, 4.69) is 16.4 Å². The molecule has 1 heterocycles. The van der Waals surface area contributed by atoms with Gasteiger partial charge in [-0.1, -0.05) is 24.3 Å². The van der Waals surface area contributed by atoms with Crippen LogP contribution in [0.3, 0.4) is 0 Å². The molecule has 0 radical (unpaired) electrons. The lowest BCUT2D eigenvalue weighted by Gasteiger charge is -2.35. The van der Waals surface area contributed by atoms with Crippen LogP contribution in [0.4, 0.5) is 13.2 Å². The van der Waals surface area contributed by atoms with Gasteiger partial charge < -0.3 is 15.0 Å². The molecule has 0 aliphatic carbocycles. The fourth-order valence-electron chi connectivity index (χ4n) is 3.17. The molecule has 8 heteroatoms. The lowest BCUT2D eigenvalue weighted by Crippen LogP contribution is -2.48. The van der Waals surface area contributed by atoms with Crippen molar-refractivity contribution in [2.24, 2.45) is 4.99 Å². The maximum Gasteiger partial charge on any atom is 0.416 e. The number of hydrogen-bond acceptors (Lipinski definition) is 3. The Morgan fingerprint density at radius 1 is 1.28 bits per heavy atom. The molecule has 0 saturated carbocycles. The van der Waals surface area contributed by atoms with E-state index in [1.165, 1.54) is 6.07 Å². The number of hydrogen-bond donors (Lipinski definition) is 1. The van der Waals surface area contributed by atoms with Crippen LogP contribution in [0.25, 0.3) is 0 Å². The van der Waals surface area contributed by atoms with E-state index >= 15 is 0 Å². The Morgan fingerprint density at radius 2 is 2.03 bits per heavy atom. The molecule has 1 N–H and O–H groups in total. The minimum absolute atomic E-state index is 0.387. The molecule has 1 unspecified atom stereocenters. The van der Waals surface area contributed by atoms with Gasteiger partial charge in [0.05, 0.1) is 30.3 Å². The Morgan fingerprint density at radius 3 is 2.69 bits per heavy atom. The standard InChI is InChI=1S/C21H21F3N4O/c1-26-20(27-13-16-7-5-15(12-25)6-8-16)28-9-10-29-19(14-28)17-3-2-4-18(11-17)21(22,23)24/h2-8,11,19H,9-10,13-14H2,1H3,(H,26,27). The molecule has 0 amide bonds. The van der Waals surface area contributed by atoms with Gasteiger partial charge in [0, 0.05) is 20.1 Å². The van der Waals surface area contributed by atoms with Crippen LogP contribution in [0.15, 0.2) is 53.5 Å². The highest BCUT2D eigenvalue weighted by Gasteiger charge is 2.32. The van der Waals surface area contributed by atoms with Gasteiger partial charge in [-0.05, 0) is 35.4 Å². The van der Waals surface area contributed by atoms with E-state index in [0.717, 1.165) is 17.7 Å². The summed E-state index contributed by atoms with van der Waals surface area (Å²) in [5.74, 6) is 0.648. The van der Waals surface area contributed by atoms with Crippen LogP contribution in [-0.4, -0.2) is 37.6 Å². The average molecular weight is 402 g/mol. The van der Waals surface area contributed by atoms with E-state index in [1.807, 2.05) is 17.0 Å². The first kappa shape index (κ1) is 20.7. The van der Waals surface area contributed by atoms with E-state index in [1.54, 1.807) is 25.2 Å². The van der Waals surface area contributed by atoms with Crippen LogP contribution < -0.4 is 5.32 Å². The molecule has 0 spiro atoms. The van der Waals surface area contributed by atoms with Crippen molar-refractivity contribution in [2.45, 2.75) is 18.8 Å². The van der Waals surface area contributed by atoms with Gasteiger partial charge in [0.25, 0.3) is 0 Å². The molecular formula is C21H21F3N4O. The van der Waals surface area contributed by atoms with Crippen LogP contribution >= 0.6 is 0 Å². The fraction of sp³-hybridized carbons (Fsp3) is 0.333. The molecule has 0 bridgehead atoms. The predicted octanol–water partition coefficient (Wildman–Crippen LogP) is 3.73. The molecule has 1 aliphatic rings. The number of guanidine groups is 1. The van der Waals surface area contributed by atoms with Gasteiger partial charge in [-0.2, -0.15) is 18.4 Å². The summed E-state index contributed by atoms with van der Waals surface area (Å²) in [5.41, 5.74) is 1.40. The Balaban J connectivity index is 1.66. The van der Waals surface area contributed by atoms with E-state index in [-0.39, 0.29) is 0 Å². The maximum atomic E-state index is 13.0. The number of nitrogens with one attached hydrogen (secondary N) is 1. The lowest BCUT2D eigenvalue weighted by atomic mass is 10.0. The number of rotatable bonds is 3. The first-order valence-corrected chi connectivity index (χ1v) is 9.14. The molecule has 2 aromatic carbocycles. The number of benzene rings is 2. The van der Waals surface area contributed by atoms with Crippen molar-refractivity contribution >= 4 is 5.96 Å². The van der Waals surface area contributed by atoms with Crippen molar-refractivity contribution in [3.63, 3.8) is 0 Å². The van der Waals surface area contributed by atoms with Crippen molar-refractivity contribution in [3.05, 3.63) is 70.8 Å². The Labute approximate surface area is 167 Å². The van der Waals surface area contributed by atoms with Crippen molar-refractivity contribution in [2.75, 3.05) is 26.7 Å². The number of nitriles is 1. The fourth-order valence-corrected chi connectivity index (χ4v) is 3.17. The number of aliphatic imine (C=N–C) groups is 1. The third kappa shape index (κ3) is 5.27. The second-order valence-corrected chi connectivity index (χ2v) is 6.64. The predicted molar refractivity (Wildman–Crippen MR) is 103 cm³/mol. The van der Waals surface area contributed by atoms with Crippen molar-refractivity contribution in [1.82, 2.24) is 10.2 Å². The summed E-state index contributed by atoms with van der Waals surface area (Å²) < 4.78 is 44.7. The number of nitrogens with zero attached hydrogens (tertiary/aromatic N) is 3. The Bertz CT molecular complexity index is 903. The quantitative estimate of drug-likeness (QED) is 0.628. The topological polar surface area (TPSA) is 60.7 Å². The molecule has 1 aliphatic heterocycles. The molecule has 2 aromatic rings. The van der Waals surface area contributed by atoms with Gasteiger partial charge in [0.1, 0.15) is 6.10 Å². The molecular weight excluding hydrogens is 381 g/mol. The van der Waals surface area contributed by atoms with Gasteiger partial charge in [0.2, 0.25) is 0 Å². The van der Waals surface area contributed by atoms with Gasteiger partial charge in [-0.3, -0.25) is 4.99 Å². The summed E-state index contributed by atoms with van der Waals surface area (Å²) in [7, 11) is 1.66. The van der Waals surface area contributed by atoms with Gasteiger partial charge in [0.15, 0.2) is 5.96 Å². The number of morpholine rings is 1. The third-order valence-electron chi connectivity index (χ3n) is 4.70. The molecule has 3 rings (SSSR count). The zero-order valence-corrected chi connectivity index (χ0v) is 15.9. The zero-order valence-electron chi connectivity index (χ0n) is 15.9. The first-order valence-electron chi connectivity index (χ1n) is 9.14. The number of alkyl halides is 3. The van der Waals surface area contributed by atoms with Crippen molar-refractivity contribution < 1.29 is 17.9 Å². The summed E-state index contributed by atoms with van der Waals surface area (Å²) in [6, 6.07) is 14.6. The SMILES string of the molecule is CN=C(NCc1ccc(C#N)cc1)N1CCOC(c2cccc(C(F)(F)F)c2)C1. The summed E-state index contributed by atoms with van der Waals surface area (Å²) in [5, 5.41) is 12.1. The van der Waals surface area contributed by atoms with Gasteiger partial charge in [-0.15, -0.1) is 0 Å². The summed E-state index contributed by atoms with van der Waals surface area (Å²) in [4.78, 5) is 6.26. The van der Waals surface area contributed by atoms with Gasteiger partial charge in [-0.25, -0.2) is 0 Å². The summed E-state index contributed by atoms with van der Waals surface area (Å²) in [6.45, 7) is 1.89. The van der Waals surface area contributed by atoms with E-state index in [4.69, 9.17) is 10.00 Å². The van der Waals surface area contributed by atoms with Crippen molar-refractivity contribution in [3.8, 4) is 6.07 Å². The van der Waals surface area contributed by atoms with Crippen molar-refractivity contribution in [1.29, 1.82) is 5.26 Å². The Hall–Kier alpha value is -3.05.